The van der Waals surface area contributed by atoms with Crippen LogP contribution in [0.15, 0.2) is 89.5 Å². The van der Waals surface area contributed by atoms with Gasteiger partial charge in [0.05, 0.1) is 12.7 Å². The highest BCUT2D eigenvalue weighted by atomic mass is 16.5. The number of nitrogens with one attached hydrogen (secondary N) is 2. The number of carbonyl (C=O) groups excluding carboxylic acids is 2. The lowest BCUT2D eigenvalue weighted by Gasteiger charge is -2.37. The molecule has 0 saturated heterocycles. The van der Waals surface area contributed by atoms with Crippen LogP contribution >= 0.6 is 0 Å². The van der Waals surface area contributed by atoms with E-state index in [1.165, 1.54) is 7.11 Å². The Hall–Kier alpha value is -5.10. The van der Waals surface area contributed by atoms with Crippen molar-refractivity contribution in [3.63, 3.8) is 0 Å². The quantitative estimate of drug-likeness (QED) is 0.253. The number of carbonyl (C=O) groups is 2. The van der Waals surface area contributed by atoms with Crippen molar-refractivity contribution < 1.29 is 18.7 Å². The zero-order valence-corrected chi connectivity index (χ0v) is 22.7. The summed E-state index contributed by atoms with van der Waals surface area (Å²) in [7, 11) is 1.31. The van der Waals surface area contributed by atoms with Crippen LogP contribution in [0.25, 0.3) is 11.3 Å². The number of ether oxygens (including phenoxy) is 1. The van der Waals surface area contributed by atoms with Gasteiger partial charge in [-0.3, -0.25) is 4.90 Å². The number of amides is 2. The lowest BCUT2D eigenvalue weighted by molar-refractivity contribution is 0.0566. The van der Waals surface area contributed by atoms with Gasteiger partial charge in [-0.15, -0.1) is 0 Å². The molecule has 0 aliphatic heterocycles. The molecular weight excluding hydrogens is 518 g/mol. The van der Waals surface area contributed by atoms with E-state index in [0.717, 1.165) is 48.3 Å². The maximum atomic E-state index is 13.6. The van der Waals surface area contributed by atoms with Gasteiger partial charge in [0, 0.05) is 36.1 Å². The van der Waals surface area contributed by atoms with Crippen molar-refractivity contribution in [2.24, 2.45) is 0 Å². The Morgan fingerprint density at radius 1 is 1.00 bits per heavy atom. The average Bonchev–Trinajstić information content (AvgIpc) is 3.52. The smallest absolute Gasteiger partial charge is 0.373 e. The van der Waals surface area contributed by atoms with Gasteiger partial charge in [0.1, 0.15) is 17.6 Å². The van der Waals surface area contributed by atoms with Crippen LogP contribution in [0.5, 0.6) is 0 Å². The minimum absolute atomic E-state index is 0.0122. The molecule has 4 aromatic rings. The molecule has 1 fully saturated rings. The van der Waals surface area contributed by atoms with Crippen LogP contribution in [-0.2, 0) is 11.3 Å². The van der Waals surface area contributed by atoms with Crippen molar-refractivity contribution in [3.05, 3.63) is 102 Å². The minimum atomic E-state index is -0.533. The highest BCUT2D eigenvalue weighted by Gasteiger charge is 2.30. The summed E-state index contributed by atoms with van der Waals surface area (Å²) in [5.74, 6) is 0.887. The van der Waals surface area contributed by atoms with Crippen LogP contribution in [0, 0.1) is 11.3 Å². The molecule has 0 unspecified atom stereocenters. The predicted molar refractivity (Wildman–Crippen MR) is 155 cm³/mol. The van der Waals surface area contributed by atoms with Gasteiger partial charge in [-0.05, 0) is 79.8 Å². The van der Waals surface area contributed by atoms with Gasteiger partial charge in [0.25, 0.3) is 0 Å². The second-order valence-corrected chi connectivity index (χ2v) is 9.91. The Morgan fingerprint density at radius 3 is 2.41 bits per heavy atom. The van der Waals surface area contributed by atoms with Crippen molar-refractivity contribution in [3.8, 4) is 17.4 Å². The summed E-state index contributed by atoms with van der Waals surface area (Å²) in [6.45, 7) is 0.429. The Bertz CT molecular complexity index is 1500. The Labute approximate surface area is 238 Å². The fourth-order valence-electron chi connectivity index (χ4n) is 5.08. The van der Waals surface area contributed by atoms with Gasteiger partial charge >= 0.3 is 12.0 Å². The van der Waals surface area contributed by atoms with Gasteiger partial charge in [-0.25, -0.2) is 14.6 Å². The minimum Gasteiger partial charge on any atom is -0.463 e. The molecule has 2 heterocycles. The largest absolute Gasteiger partial charge is 0.463 e. The lowest BCUT2D eigenvalue weighted by atomic mass is 9.89. The van der Waals surface area contributed by atoms with Crippen molar-refractivity contribution in [1.82, 2.24) is 10.3 Å². The molecule has 2 N–H and O–H groups in total. The highest BCUT2D eigenvalue weighted by Crippen LogP contribution is 2.31. The van der Waals surface area contributed by atoms with Crippen LogP contribution in [0.4, 0.5) is 16.3 Å². The highest BCUT2D eigenvalue weighted by molar-refractivity contribution is 5.93. The van der Waals surface area contributed by atoms with Crippen molar-refractivity contribution >= 4 is 23.5 Å². The Balaban J connectivity index is 1.30. The molecule has 1 aliphatic rings. The molecule has 0 bridgehead atoms. The van der Waals surface area contributed by atoms with E-state index in [1.54, 1.807) is 24.4 Å². The van der Waals surface area contributed by atoms with Gasteiger partial charge in [-0.2, -0.15) is 5.26 Å². The molecule has 9 nitrogen and oxygen atoms in total. The summed E-state index contributed by atoms with van der Waals surface area (Å²) in [4.78, 5) is 31.6. The van der Waals surface area contributed by atoms with Crippen LogP contribution in [-0.4, -0.2) is 36.2 Å². The molecule has 208 valence electrons. The van der Waals surface area contributed by atoms with Gasteiger partial charge in [0.15, 0.2) is 0 Å². The molecule has 2 aromatic carbocycles. The fraction of sp³-hybridized carbons (Fsp3) is 0.250. The summed E-state index contributed by atoms with van der Waals surface area (Å²) in [6, 6.07) is 26.5. The van der Waals surface area contributed by atoms with Gasteiger partial charge < -0.3 is 19.8 Å². The number of esters is 1. The van der Waals surface area contributed by atoms with Crippen LogP contribution in [0.1, 0.15) is 47.4 Å². The monoisotopic (exact) mass is 549 g/mol. The van der Waals surface area contributed by atoms with Crippen molar-refractivity contribution in [2.75, 3.05) is 17.3 Å². The summed E-state index contributed by atoms with van der Waals surface area (Å²) in [5, 5.41) is 15.6. The maximum absolute atomic E-state index is 13.6. The number of anilines is 2. The topological polar surface area (TPSA) is 120 Å². The first-order chi connectivity index (χ1) is 20.0. The third-order valence-electron chi connectivity index (χ3n) is 7.23. The summed E-state index contributed by atoms with van der Waals surface area (Å²) in [6.07, 6.45) is 4.94. The molecule has 1 saturated carbocycles. The third kappa shape index (κ3) is 6.73. The number of methoxy groups -OCH3 is 1. The van der Waals surface area contributed by atoms with Crippen molar-refractivity contribution in [2.45, 2.75) is 44.3 Å². The molecule has 2 amide bonds. The fourth-order valence-corrected chi connectivity index (χ4v) is 5.08. The average molecular weight is 550 g/mol. The SMILES string of the molecule is COC(=O)c1ccc(-c2ccc(N(C(=O)NCc3ccccc3)[C@H]3CC[C@H](Nc4ccc(C#N)cn4)CC3)cc2)o1. The van der Waals surface area contributed by atoms with E-state index in [1.807, 2.05) is 65.6 Å². The van der Waals surface area contributed by atoms with E-state index < -0.39 is 5.97 Å². The maximum Gasteiger partial charge on any atom is 0.373 e. The summed E-state index contributed by atoms with van der Waals surface area (Å²) < 4.78 is 10.4. The number of nitriles is 1. The Morgan fingerprint density at radius 2 is 1.76 bits per heavy atom. The van der Waals surface area contributed by atoms with E-state index in [2.05, 4.69) is 21.7 Å². The molecule has 0 atom stereocenters. The summed E-state index contributed by atoms with van der Waals surface area (Å²) >= 11 is 0. The predicted octanol–water partition coefficient (Wildman–Crippen LogP) is 6.14. The van der Waals surface area contributed by atoms with Crippen LogP contribution < -0.4 is 15.5 Å². The first kappa shape index (κ1) is 27.5. The van der Waals surface area contributed by atoms with Gasteiger partial charge in [-0.1, -0.05) is 30.3 Å². The molecule has 41 heavy (non-hydrogen) atoms. The number of hydrogen-bond acceptors (Lipinski definition) is 7. The number of hydrogen-bond donors (Lipinski definition) is 2. The zero-order chi connectivity index (χ0) is 28.6. The molecule has 0 radical (unpaired) electrons. The molecular formula is C32H31N5O4. The molecule has 9 heteroatoms. The first-order valence-corrected chi connectivity index (χ1v) is 13.6. The standard InChI is InChI=1S/C32H31N5O4/c1-40-31(38)29-17-16-28(41-29)24-8-12-26(13-9-24)37(32(39)35-20-22-5-3-2-4-6-22)27-14-10-25(11-15-27)36-30-18-7-23(19-33)21-34-30/h2-9,12-13,16-18,21,25,27H,10-11,14-15,20H2,1H3,(H,34,36)(H,35,39)/t25-,27-. The number of aromatic nitrogens is 1. The normalized spacial score (nSPS) is 16.3. The molecule has 0 spiro atoms. The third-order valence-corrected chi connectivity index (χ3v) is 7.23. The van der Waals surface area contributed by atoms with E-state index in [-0.39, 0.29) is 23.9 Å². The number of nitrogens with zero attached hydrogens (tertiary/aromatic N) is 3. The molecule has 2 aromatic heterocycles. The van der Waals surface area contributed by atoms with Gasteiger partial charge in [0.2, 0.25) is 5.76 Å². The van der Waals surface area contributed by atoms with E-state index in [4.69, 9.17) is 14.4 Å². The molecule has 5 rings (SSSR count). The number of urea groups is 1. The van der Waals surface area contributed by atoms with E-state index in [9.17, 15) is 9.59 Å². The number of benzene rings is 2. The Kier molecular flexibility index (Phi) is 8.60. The lowest BCUT2D eigenvalue weighted by Crippen LogP contribution is -2.48. The molecule has 1 aliphatic carbocycles. The second-order valence-electron chi connectivity index (χ2n) is 9.91. The van der Waals surface area contributed by atoms with Crippen molar-refractivity contribution in [1.29, 1.82) is 5.26 Å². The van der Waals surface area contributed by atoms with E-state index >= 15 is 0 Å². The zero-order valence-electron chi connectivity index (χ0n) is 22.7. The van der Waals surface area contributed by atoms with Crippen LogP contribution in [0.3, 0.4) is 0 Å². The first-order valence-electron chi connectivity index (χ1n) is 13.6. The van der Waals surface area contributed by atoms with Crippen LogP contribution in [0.2, 0.25) is 0 Å². The number of pyridine rings is 1. The number of rotatable bonds is 8. The second kappa shape index (κ2) is 12.8. The number of furan rings is 1. The van der Waals surface area contributed by atoms with E-state index in [0.29, 0.717) is 17.9 Å². The summed E-state index contributed by atoms with van der Waals surface area (Å²) in [5.41, 5.74) is 3.12.